The highest BCUT2D eigenvalue weighted by atomic mass is 35.5. The molecule has 2 heterocycles. The third kappa shape index (κ3) is 5.89. The summed E-state index contributed by atoms with van der Waals surface area (Å²) in [7, 11) is 0. The number of halogens is 4. The first-order chi connectivity index (χ1) is 15.8. The Morgan fingerprint density at radius 2 is 1.85 bits per heavy atom. The molecule has 0 radical (unpaired) electrons. The number of aromatic nitrogens is 5. The maximum atomic E-state index is 12.9. The van der Waals surface area contributed by atoms with Crippen LogP contribution in [0.1, 0.15) is 21.6 Å². The van der Waals surface area contributed by atoms with Crippen LogP contribution in [0.2, 0.25) is 5.02 Å². The fourth-order valence-corrected chi connectivity index (χ4v) is 2.98. The van der Waals surface area contributed by atoms with Crippen LogP contribution in [0.3, 0.4) is 0 Å². The Morgan fingerprint density at radius 3 is 2.61 bits per heavy atom. The molecule has 0 aliphatic carbocycles. The number of ether oxygens (including phenoxy) is 1. The minimum atomic E-state index is -4.43. The molecule has 8 nitrogen and oxygen atoms in total. The van der Waals surface area contributed by atoms with E-state index in [0.29, 0.717) is 16.3 Å². The van der Waals surface area contributed by atoms with E-state index in [1.165, 1.54) is 27.8 Å². The predicted molar refractivity (Wildman–Crippen MR) is 113 cm³/mol. The third-order valence-electron chi connectivity index (χ3n) is 4.41. The predicted octanol–water partition coefficient (Wildman–Crippen LogP) is 4.48. The van der Waals surface area contributed by atoms with Gasteiger partial charge in [0.15, 0.2) is 12.4 Å². The lowest BCUT2D eigenvalue weighted by Crippen LogP contribution is -2.15. The Labute approximate surface area is 190 Å². The molecular formula is C21H16ClF3N6O2. The van der Waals surface area contributed by atoms with Gasteiger partial charge in [-0.15, -0.1) is 5.10 Å². The van der Waals surface area contributed by atoms with Crippen molar-refractivity contribution in [1.29, 1.82) is 0 Å². The third-order valence-corrected chi connectivity index (χ3v) is 4.66. The van der Waals surface area contributed by atoms with Crippen LogP contribution in [-0.2, 0) is 19.5 Å². The normalized spacial score (nSPS) is 11.4. The second-order valence-electron chi connectivity index (χ2n) is 6.89. The van der Waals surface area contributed by atoms with Crippen LogP contribution in [0.25, 0.3) is 0 Å². The van der Waals surface area contributed by atoms with Gasteiger partial charge >= 0.3 is 6.18 Å². The lowest BCUT2D eigenvalue weighted by Gasteiger charge is -2.08. The van der Waals surface area contributed by atoms with Gasteiger partial charge in [0.25, 0.3) is 5.91 Å². The lowest BCUT2D eigenvalue weighted by atomic mass is 10.1. The fraction of sp³-hybridized carbons (Fsp3) is 0.143. The molecule has 1 N–H and O–H groups in total. The lowest BCUT2D eigenvalue weighted by molar-refractivity contribution is -0.137. The molecule has 0 saturated carbocycles. The number of amides is 1. The Bertz CT molecular complexity index is 1250. The van der Waals surface area contributed by atoms with Crippen molar-refractivity contribution in [3.05, 3.63) is 89.0 Å². The Hall–Kier alpha value is -3.86. The van der Waals surface area contributed by atoms with E-state index < -0.39 is 17.6 Å². The number of nitrogens with one attached hydrogen (secondary N) is 1. The van der Waals surface area contributed by atoms with Crippen LogP contribution in [-0.4, -0.2) is 30.5 Å². The number of nitrogens with zero attached hydrogens (tertiary/aromatic N) is 5. The molecule has 0 fully saturated rings. The molecule has 0 bridgehead atoms. The van der Waals surface area contributed by atoms with Crippen molar-refractivity contribution in [3.63, 3.8) is 0 Å². The molecule has 2 aromatic heterocycles. The number of carbonyl (C=O) groups excluding carboxylic acids is 1. The first-order valence-electron chi connectivity index (χ1n) is 9.55. The molecule has 0 spiro atoms. The van der Waals surface area contributed by atoms with Crippen molar-refractivity contribution in [3.8, 4) is 5.75 Å². The number of hydrogen-bond acceptors (Lipinski definition) is 5. The van der Waals surface area contributed by atoms with E-state index in [4.69, 9.17) is 16.3 Å². The SMILES string of the molecule is O=C(Nc1ncn(Cc2cccc(C(F)(F)F)c2)n1)c1ccn(COc2ccc(Cl)cc2)n1. The molecule has 0 aliphatic rings. The summed E-state index contributed by atoms with van der Waals surface area (Å²) in [6.45, 7) is 0.141. The van der Waals surface area contributed by atoms with E-state index in [0.717, 1.165) is 12.1 Å². The maximum Gasteiger partial charge on any atom is 0.416 e. The van der Waals surface area contributed by atoms with E-state index >= 15 is 0 Å². The van der Waals surface area contributed by atoms with Gasteiger partial charge in [-0.3, -0.25) is 10.1 Å². The van der Waals surface area contributed by atoms with Crippen molar-refractivity contribution >= 4 is 23.5 Å². The van der Waals surface area contributed by atoms with Crippen molar-refractivity contribution in [2.24, 2.45) is 0 Å². The Balaban J connectivity index is 1.34. The van der Waals surface area contributed by atoms with Gasteiger partial charge in [0.2, 0.25) is 5.95 Å². The highest BCUT2D eigenvalue weighted by molar-refractivity contribution is 6.30. The first kappa shape index (κ1) is 22.3. The zero-order valence-corrected chi connectivity index (χ0v) is 17.6. The van der Waals surface area contributed by atoms with E-state index in [2.05, 4.69) is 20.5 Å². The van der Waals surface area contributed by atoms with Crippen molar-refractivity contribution in [1.82, 2.24) is 24.5 Å². The van der Waals surface area contributed by atoms with Crippen LogP contribution < -0.4 is 10.1 Å². The highest BCUT2D eigenvalue weighted by Gasteiger charge is 2.30. The largest absolute Gasteiger partial charge is 0.471 e. The standard InChI is InChI=1S/C21H16ClF3N6O2/c22-16-4-6-17(7-5-16)33-13-30-9-8-18(28-30)19(32)27-20-26-12-31(29-20)11-14-2-1-3-15(10-14)21(23,24)25/h1-10,12H,11,13H2,(H,27,29,32). The number of rotatable bonds is 7. The average molecular weight is 477 g/mol. The molecular weight excluding hydrogens is 461 g/mol. The zero-order chi connectivity index (χ0) is 23.4. The van der Waals surface area contributed by atoms with E-state index in [1.807, 2.05) is 0 Å². The minimum Gasteiger partial charge on any atom is -0.471 e. The Kier molecular flexibility index (Phi) is 6.31. The molecule has 0 atom stereocenters. The summed E-state index contributed by atoms with van der Waals surface area (Å²) in [6, 6.07) is 13.2. The van der Waals surface area contributed by atoms with Crippen LogP contribution in [0.5, 0.6) is 5.75 Å². The molecule has 0 aliphatic heterocycles. The smallest absolute Gasteiger partial charge is 0.416 e. The molecule has 33 heavy (non-hydrogen) atoms. The maximum absolute atomic E-state index is 12.9. The van der Waals surface area contributed by atoms with Gasteiger partial charge in [0, 0.05) is 11.2 Å². The van der Waals surface area contributed by atoms with E-state index in [9.17, 15) is 18.0 Å². The topological polar surface area (TPSA) is 86.9 Å². The molecule has 12 heteroatoms. The molecule has 2 aromatic carbocycles. The van der Waals surface area contributed by atoms with Gasteiger partial charge in [-0.1, -0.05) is 23.7 Å². The number of hydrogen-bond donors (Lipinski definition) is 1. The molecule has 4 aromatic rings. The van der Waals surface area contributed by atoms with Gasteiger partial charge < -0.3 is 4.74 Å². The number of carbonyl (C=O) groups is 1. The molecule has 4 rings (SSSR count). The summed E-state index contributed by atoms with van der Waals surface area (Å²) in [5, 5.41) is 11.3. The van der Waals surface area contributed by atoms with E-state index in [1.54, 1.807) is 36.5 Å². The van der Waals surface area contributed by atoms with Crippen LogP contribution >= 0.6 is 11.6 Å². The van der Waals surface area contributed by atoms with Crippen LogP contribution in [0.15, 0.2) is 67.1 Å². The van der Waals surface area contributed by atoms with Gasteiger partial charge in [-0.25, -0.2) is 14.3 Å². The number of anilines is 1. The number of benzene rings is 2. The fourth-order valence-electron chi connectivity index (χ4n) is 2.85. The monoisotopic (exact) mass is 476 g/mol. The van der Waals surface area contributed by atoms with Gasteiger partial charge in [0.1, 0.15) is 12.1 Å². The van der Waals surface area contributed by atoms with Crippen molar-refractivity contribution in [2.45, 2.75) is 19.5 Å². The quantitative estimate of drug-likeness (QED) is 0.425. The van der Waals surface area contributed by atoms with E-state index in [-0.39, 0.29) is 24.9 Å². The van der Waals surface area contributed by atoms with Crippen molar-refractivity contribution in [2.75, 3.05) is 5.32 Å². The summed E-state index contributed by atoms with van der Waals surface area (Å²) in [5.74, 6) is 0.0485. The molecule has 0 unspecified atom stereocenters. The Morgan fingerprint density at radius 1 is 1.06 bits per heavy atom. The molecule has 0 saturated heterocycles. The summed E-state index contributed by atoms with van der Waals surface area (Å²) < 4.78 is 46.9. The molecule has 1 amide bonds. The summed E-state index contributed by atoms with van der Waals surface area (Å²) >= 11 is 5.83. The van der Waals surface area contributed by atoms with Crippen LogP contribution in [0, 0.1) is 0 Å². The second kappa shape index (κ2) is 9.33. The number of alkyl halides is 3. The summed E-state index contributed by atoms with van der Waals surface area (Å²) in [4.78, 5) is 16.4. The van der Waals surface area contributed by atoms with Gasteiger partial charge in [0.05, 0.1) is 12.1 Å². The minimum absolute atomic E-state index is 0.000981. The van der Waals surface area contributed by atoms with Crippen LogP contribution in [0.4, 0.5) is 19.1 Å². The summed E-state index contributed by atoms with van der Waals surface area (Å²) in [5.41, 5.74) is -0.236. The van der Waals surface area contributed by atoms with Crippen molar-refractivity contribution < 1.29 is 22.7 Å². The van der Waals surface area contributed by atoms with Gasteiger partial charge in [-0.2, -0.15) is 18.3 Å². The average Bonchev–Trinajstić information content (AvgIpc) is 3.43. The zero-order valence-electron chi connectivity index (χ0n) is 16.8. The molecule has 170 valence electrons. The second-order valence-corrected chi connectivity index (χ2v) is 7.32. The first-order valence-corrected chi connectivity index (χ1v) is 9.93. The van der Waals surface area contributed by atoms with Gasteiger partial charge in [-0.05, 0) is 48.0 Å². The highest BCUT2D eigenvalue weighted by Crippen LogP contribution is 2.29. The summed E-state index contributed by atoms with van der Waals surface area (Å²) in [6.07, 6.45) is -1.54.